The van der Waals surface area contributed by atoms with Gasteiger partial charge in [-0.3, -0.25) is 4.55 Å². The van der Waals surface area contributed by atoms with Crippen LogP contribution in [0.3, 0.4) is 0 Å². The molecule has 0 aliphatic carbocycles. The zero-order valence-electron chi connectivity index (χ0n) is 13.5. The van der Waals surface area contributed by atoms with Crippen LogP contribution < -0.4 is 0 Å². The Balaban J connectivity index is 4.00. The molecule has 0 aliphatic rings. The summed E-state index contributed by atoms with van der Waals surface area (Å²) in [6, 6.07) is 0. The van der Waals surface area contributed by atoms with Crippen LogP contribution in [0.5, 0.6) is 0 Å². The predicted octanol–water partition coefficient (Wildman–Crippen LogP) is 3.17. The van der Waals surface area contributed by atoms with Gasteiger partial charge in [0.2, 0.25) is 0 Å². The van der Waals surface area contributed by atoms with Crippen molar-refractivity contribution < 1.29 is 22.8 Å². The number of unbranched alkanes of at least 4 members (excludes halogenated alkanes) is 6. The van der Waals surface area contributed by atoms with Gasteiger partial charge in [-0.15, -0.1) is 0 Å². The lowest BCUT2D eigenvalue weighted by Crippen LogP contribution is -2.35. The number of aliphatic hydroxyl groups excluding tert-OH is 1. The van der Waals surface area contributed by atoms with Crippen molar-refractivity contribution in [2.24, 2.45) is 0 Å². The van der Waals surface area contributed by atoms with E-state index in [-0.39, 0.29) is 0 Å². The minimum Gasteiger partial charge on any atom is -0.389 e. The number of aliphatic hydroxyl groups is 1. The van der Waals surface area contributed by atoms with E-state index in [1.165, 1.54) is 25.7 Å². The highest BCUT2D eigenvalue weighted by Crippen LogP contribution is 2.14. The lowest BCUT2D eigenvalue weighted by molar-refractivity contribution is -0.0334. The van der Waals surface area contributed by atoms with Crippen molar-refractivity contribution in [2.45, 2.75) is 83.8 Å². The van der Waals surface area contributed by atoms with Gasteiger partial charge in [0.05, 0.1) is 12.2 Å². The van der Waals surface area contributed by atoms with Gasteiger partial charge in [0, 0.05) is 6.61 Å². The first-order valence-corrected chi connectivity index (χ1v) is 9.76. The van der Waals surface area contributed by atoms with E-state index in [4.69, 9.17) is 9.29 Å². The number of hydrogen-bond donors (Lipinski definition) is 2. The van der Waals surface area contributed by atoms with Gasteiger partial charge in [0.25, 0.3) is 10.1 Å². The second kappa shape index (κ2) is 12.4. The molecule has 2 N–H and O–H groups in total. The number of rotatable bonds is 14. The molecule has 6 heteroatoms. The van der Waals surface area contributed by atoms with Crippen molar-refractivity contribution in [1.29, 1.82) is 0 Å². The van der Waals surface area contributed by atoms with Crippen LogP contribution in [-0.2, 0) is 14.9 Å². The first-order valence-electron chi connectivity index (χ1n) is 8.15. The van der Waals surface area contributed by atoms with Crippen LogP contribution in [0.25, 0.3) is 0 Å². The Morgan fingerprint density at radius 1 is 0.952 bits per heavy atom. The Morgan fingerprint density at radius 3 is 2.05 bits per heavy atom. The molecule has 0 aromatic carbocycles. The van der Waals surface area contributed by atoms with Gasteiger partial charge in [-0.25, -0.2) is 0 Å². The predicted molar refractivity (Wildman–Crippen MR) is 85.1 cm³/mol. The fourth-order valence-corrected chi connectivity index (χ4v) is 2.93. The minimum absolute atomic E-state index is 0.490. The normalized spacial score (nSPS) is 15.0. The van der Waals surface area contributed by atoms with Gasteiger partial charge in [0.1, 0.15) is 5.75 Å². The van der Waals surface area contributed by atoms with E-state index in [1.54, 1.807) is 0 Å². The van der Waals surface area contributed by atoms with Crippen molar-refractivity contribution in [3.05, 3.63) is 0 Å². The molecule has 0 saturated carbocycles. The summed E-state index contributed by atoms with van der Waals surface area (Å²) in [5.41, 5.74) is 0. The van der Waals surface area contributed by atoms with Crippen LogP contribution in [0.15, 0.2) is 0 Å². The molecular formula is C15H32O5S. The maximum atomic E-state index is 10.8. The Labute approximate surface area is 129 Å². The van der Waals surface area contributed by atoms with Crippen LogP contribution in [0, 0.1) is 0 Å². The van der Waals surface area contributed by atoms with E-state index < -0.39 is 28.1 Å². The van der Waals surface area contributed by atoms with Gasteiger partial charge < -0.3 is 9.84 Å². The third-order valence-electron chi connectivity index (χ3n) is 3.44. The third-order valence-corrected chi connectivity index (χ3v) is 4.20. The molecule has 0 radical (unpaired) electrons. The molecule has 0 aromatic heterocycles. The summed E-state index contributed by atoms with van der Waals surface area (Å²) in [5.74, 6) is -0.655. The molecule has 0 aromatic rings. The maximum Gasteiger partial charge on any atom is 0.267 e. The summed E-state index contributed by atoms with van der Waals surface area (Å²) in [6.07, 6.45) is 7.89. The molecular weight excluding hydrogens is 292 g/mol. The zero-order valence-corrected chi connectivity index (χ0v) is 14.3. The fraction of sp³-hybridized carbons (Fsp3) is 1.00. The second-order valence-corrected chi connectivity index (χ2v) is 7.13. The molecule has 0 fully saturated rings. The van der Waals surface area contributed by atoms with Crippen LogP contribution in [0.4, 0.5) is 0 Å². The lowest BCUT2D eigenvalue weighted by atomic mass is 10.0. The van der Waals surface area contributed by atoms with Crippen LogP contribution >= 0.6 is 0 Å². The Morgan fingerprint density at radius 2 is 1.52 bits per heavy atom. The smallest absolute Gasteiger partial charge is 0.267 e. The average Bonchev–Trinajstić information content (AvgIpc) is 2.39. The maximum absolute atomic E-state index is 10.8. The summed E-state index contributed by atoms with van der Waals surface area (Å²) >= 11 is 0. The van der Waals surface area contributed by atoms with Crippen LogP contribution in [0.1, 0.15) is 71.6 Å². The van der Waals surface area contributed by atoms with Gasteiger partial charge in [-0.2, -0.15) is 8.42 Å². The Hall–Kier alpha value is -0.170. The van der Waals surface area contributed by atoms with Crippen molar-refractivity contribution in [1.82, 2.24) is 0 Å². The highest BCUT2D eigenvalue weighted by atomic mass is 32.2. The Bertz CT molecular complexity index is 329. The SMILES string of the molecule is CCCCCCCCCC(OCCC)C(O)CS(=O)(=O)O. The highest BCUT2D eigenvalue weighted by Gasteiger charge is 2.24. The molecule has 0 heterocycles. The van der Waals surface area contributed by atoms with E-state index in [1.807, 2.05) is 6.92 Å². The molecule has 0 rings (SSSR count). The van der Waals surface area contributed by atoms with Crippen molar-refractivity contribution in [2.75, 3.05) is 12.4 Å². The monoisotopic (exact) mass is 324 g/mol. The van der Waals surface area contributed by atoms with Crippen LogP contribution in [-0.4, -0.2) is 42.6 Å². The first-order chi connectivity index (χ1) is 9.90. The molecule has 0 spiro atoms. The van der Waals surface area contributed by atoms with Crippen molar-refractivity contribution >= 4 is 10.1 Å². The molecule has 2 unspecified atom stereocenters. The zero-order chi connectivity index (χ0) is 16.1. The van der Waals surface area contributed by atoms with E-state index in [2.05, 4.69) is 6.92 Å². The summed E-state index contributed by atoms with van der Waals surface area (Å²) in [4.78, 5) is 0. The van der Waals surface area contributed by atoms with E-state index in [9.17, 15) is 13.5 Å². The first kappa shape index (κ1) is 20.8. The molecule has 2 atom stereocenters. The largest absolute Gasteiger partial charge is 0.389 e. The Kier molecular flexibility index (Phi) is 12.3. The summed E-state index contributed by atoms with van der Waals surface area (Å²) in [7, 11) is -4.17. The third kappa shape index (κ3) is 13.2. The molecule has 0 saturated heterocycles. The van der Waals surface area contributed by atoms with E-state index in [0.29, 0.717) is 13.0 Å². The average molecular weight is 324 g/mol. The lowest BCUT2D eigenvalue weighted by Gasteiger charge is -2.22. The van der Waals surface area contributed by atoms with Gasteiger partial charge >= 0.3 is 0 Å². The topological polar surface area (TPSA) is 83.8 Å². The standard InChI is InChI=1S/C15H32O5S/c1-3-5-6-7-8-9-10-11-15(20-12-4-2)14(16)13-21(17,18)19/h14-16H,3-13H2,1-2H3,(H,17,18,19). The second-order valence-electron chi connectivity index (χ2n) is 5.64. The minimum atomic E-state index is -4.17. The molecule has 128 valence electrons. The van der Waals surface area contributed by atoms with Crippen molar-refractivity contribution in [3.63, 3.8) is 0 Å². The quantitative estimate of drug-likeness (QED) is 0.379. The number of hydrogen-bond acceptors (Lipinski definition) is 4. The molecule has 0 amide bonds. The van der Waals surface area contributed by atoms with Crippen molar-refractivity contribution in [3.8, 4) is 0 Å². The summed E-state index contributed by atoms with van der Waals surface area (Å²) in [6.45, 7) is 4.63. The van der Waals surface area contributed by atoms with Gasteiger partial charge in [0.15, 0.2) is 0 Å². The van der Waals surface area contributed by atoms with E-state index >= 15 is 0 Å². The van der Waals surface area contributed by atoms with Gasteiger partial charge in [-0.1, -0.05) is 58.8 Å². The van der Waals surface area contributed by atoms with Crippen LogP contribution in [0.2, 0.25) is 0 Å². The molecule has 0 bridgehead atoms. The highest BCUT2D eigenvalue weighted by molar-refractivity contribution is 7.85. The molecule has 21 heavy (non-hydrogen) atoms. The van der Waals surface area contributed by atoms with E-state index in [0.717, 1.165) is 25.7 Å². The molecule has 0 aliphatic heterocycles. The summed E-state index contributed by atoms with van der Waals surface area (Å²) in [5, 5.41) is 9.88. The summed E-state index contributed by atoms with van der Waals surface area (Å²) < 4.78 is 36.0. The number of ether oxygens (including phenoxy) is 1. The van der Waals surface area contributed by atoms with Gasteiger partial charge in [-0.05, 0) is 12.8 Å². The fourth-order valence-electron chi connectivity index (χ4n) is 2.28. The molecule has 5 nitrogen and oxygen atoms in total.